The summed E-state index contributed by atoms with van der Waals surface area (Å²) in [4.78, 5) is 0. The number of hydrogen-bond acceptors (Lipinski definition) is 3. The van der Waals surface area contributed by atoms with Crippen LogP contribution in [0.15, 0.2) is 38.0 Å². The molecule has 0 radical (unpaired) electrons. The van der Waals surface area contributed by atoms with Gasteiger partial charge >= 0.3 is 0 Å². The van der Waals surface area contributed by atoms with Crippen LogP contribution in [0.3, 0.4) is 0 Å². The third kappa shape index (κ3) is 2.84. The van der Waals surface area contributed by atoms with Crippen LogP contribution in [0, 0.1) is 0 Å². The highest BCUT2D eigenvalue weighted by Gasteiger charge is 2.08. The lowest BCUT2D eigenvalue weighted by molar-refractivity contribution is 0.769. The molecule has 0 saturated carbocycles. The van der Waals surface area contributed by atoms with E-state index in [-0.39, 0.29) is 0 Å². The number of rotatable bonds is 6. The maximum atomic E-state index is 4.02. The molecule has 0 bridgehead atoms. The van der Waals surface area contributed by atoms with Crippen molar-refractivity contribution in [3.8, 4) is 0 Å². The molecule has 0 aliphatic heterocycles. The number of nitrogens with zero attached hydrogens (tertiary/aromatic N) is 3. The summed E-state index contributed by atoms with van der Waals surface area (Å²) in [5.74, 6) is 0. The van der Waals surface area contributed by atoms with Gasteiger partial charge in [-0.15, -0.1) is 29.9 Å². The van der Waals surface area contributed by atoms with Crippen molar-refractivity contribution in [3.05, 3.63) is 54.9 Å². The second kappa shape index (κ2) is 5.86. The van der Waals surface area contributed by atoms with Crippen LogP contribution in [0.1, 0.15) is 17.0 Å². The molecule has 0 fully saturated rings. The maximum Gasteiger partial charge on any atom is 0.0740 e. The summed E-state index contributed by atoms with van der Waals surface area (Å²) in [7, 11) is 0. The van der Waals surface area contributed by atoms with E-state index in [4.69, 9.17) is 0 Å². The van der Waals surface area contributed by atoms with Gasteiger partial charge in [0.1, 0.15) is 0 Å². The third-order valence-electron chi connectivity index (χ3n) is 2.05. The van der Waals surface area contributed by atoms with E-state index in [1.54, 1.807) is 0 Å². The largest absolute Gasteiger partial charge is 0.135 e. The summed E-state index contributed by atoms with van der Waals surface area (Å²) < 4.78 is 0. The van der Waals surface area contributed by atoms with Crippen molar-refractivity contribution >= 4 is 0 Å². The van der Waals surface area contributed by atoms with Crippen molar-refractivity contribution in [2.24, 2.45) is 0 Å². The minimum absolute atomic E-state index is 0.711. The molecule has 0 amide bonds. The SMILES string of the molecule is C=CCc1nnnc(CC=C)c1CC=C. The van der Waals surface area contributed by atoms with Crippen molar-refractivity contribution in [2.75, 3.05) is 0 Å². The normalized spacial score (nSPS) is 9.60. The number of aromatic nitrogens is 3. The first-order valence-electron chi connectivity index (χ1n) is 4.86. The van der Waals surface area contributed by atoms with Crippen LogP contribution in [0.5, 0.6) is 0 Å². The molecule has 0 N–H and O–H groups in total. The van der Waals surface area contributed by atoms with Crippen LogP contribution in [-0.4, -0.2) is 15.4 Å². The third-order valence-corrected chi connectivity index (χ3v) is 2.05. The lowest BCUT2D eigenvalue weighted by Crippen LogP contribution is -2.07. The van der Waals surface area contributed by atoms with Crippen LogP contribution in [0.4, 0.5) is 0 Å². The average Bonchev–Trinajstić information content (AvgIpc) is 2.23. The lowest BCUT2D eigenvalue weighted by Gasteiger charge is -2.07. The zero-order valence-corrected chi connectivity index (χ0v) is 8.82. The Balaban J connectivity index is 3.13. The number of hydrogen-bond donors (Lipinski definition) is 0. The highest BCUT2D eigenvalue weighted by Crippen LogP contribution is 2.12. The van der Waals surface area contributed by atoms with Gasteiger partial charge in [0.05, 0.1) is 11.4 Å². The summed E-state index contributed by atoms with van der Waals surface area (Å²) in [5.41, 5.74) is 2.95. The summed E-state index contributed by atoms with van der Waals surface area (Å²) in [6.07, 6.45) is 7.65. The molecular formula is C12H15N3. The first kappa shape index (κ1) is 11.3. The Morgan fingerprint density at radius 2 is 1.27 bits per heavy atom. The Morgan fingerprint density at radius 1 is 0.800 bits per heavy atom. The average molecular weight is 201 g/mol. The van der Waals surface area contributed by atoms with E-state index in [9.17, 15) is 0 Å². The van der Waals surface area contributed by atoms with E-state index in [0.29, 0.717) is 12.8 Å². The molecular weight excluding hydrogens is 186 g/mol. The van der Waals surface area contributed by atoms with Crippen LogP contribution in [0.2, 0.25) is 0 Å². The van der Waals surface area contributed by atoms with Crippen molar-refractivity contribution in [2.45, 2.75) is 19.3 Å². The molecule has 1 rings (SSSR count). The Labute approximate surface area is 90.2 Å². The first-order valence-corrected chi connectivity index (χ1v) is 4.86. The van der Waals surface area contributed by atoms with Gasteiger partial charge in [0.25, 0.3) is 0 Å². The van der Waals surface area contributed by atoms with Gasteiger partial charge in [-0.3, -0.25) is 0 Å². The monoisotopic (exact) mass is 201 g/mol. The van der Waals surface area contributed by atoms with Gasteiger partial charge in [-0.25, -0.2) is 0 Å². The zero-order valence-electron chi connectivity index (χ0n) is 8.82. The number of allylic oxidation sites excluding steroid dienone is 3. The summed E-state index contributed by atoms with van der Waals surface area (Å²) >= 11 is 0. The Bertz CT molecular complexity index is 341. The predicted octanol–water partition coefficient (Wildman–Crippen LogP) is 2.06. The zero-order chi connectivity index (χ0) is 11.1. The van der Waals surface area contributed by atoms with E-state index >= 15 is 0 Å². The smallest absolute Gasteiger partial charge is 0.0740 e. The van der Waals surface area contributed by atoms with Crippen molar-refractivity contribution in [3.63, 3.8) is 0 Å². The van der Waals surface area contributed by atoms with Gasteiger partial charge in [0.15, 0.2) is 0 Å². The molecule has 78 valence electrons. The molecule has 0 saturated heterocycles. The molecule has 3 heteroatoms. The summed E-state index contributed by atoms with van der Waals surface area (Å²) in [6, 6.07) is 0. The van der Waals surface area contributed by atoms with Gasteiger partial charge < -0.3 is 0 Å². The highest BCUT2D eigenvalue weighted by molar-refractivity contribution is 5.28. The van der Waals surface area contributed by atoms with Crippen LogP contribution >= 0.6 is 0 Å². The van der Waals surface area contributed by atoms with Gasteiger partial charge in [0.2, 0.25) is 0 Å². The molecule has 1 heterocycles. The second-order valence-electron chi connectivity index (χ2n) is 3.14. The van der Waals surface area contributed by atoms with E-state index in [2.05, 4.69) is 35.1 Å². The summed E-state index contributed by atoms with van der Waals surface area (Å²) in [5, 5.41) is 11.8. The van der Waals surface area contributed by atoms with E-state index in [1.165, 1.54) is 0 Å². The molecule has 15 heavy (non-hydrogen) atoms. The van der Waals surface area contributed by atoms with E-state index < -0.39 is 0 Å². The van der Waals surface area contributed by atoms with Gasteiger partial charge in [-0.2, -0.15) is 0 Å². The molecule has 0 aromatic carbocycles. The lowest BCUT2D eigenvalue weighted by atomic mass is 10.0. The first-order chi connectivity index (χ1) is 7.33. The predicted molar refractivity (Wildman–Crippen MR) is 61.5 cm³/mol. The molecule has 0 unspecified atom stereocenters. The topological polar surface area (TPSA) is 38.7 Å². The molecule has 0 atom stereocenters. The molecule has 3 nitrogen and oxygen atoms in total. The maximum absolute atomic E-state index is 4.02. The minimum Gasteiger partial charge on any atom is -0.135 e. The van der Waals surface area contributed by atoms with Crippen molar-refractivity contribution < 1.29 is 0 Å². The quantitative estimate of drug-likeness (QED) is 0.661. The highest BCUT2D eigenvalue weighted by atomic mass is 15.3. The molecule has 0 aliphatic rings. The Hall–Kier alpha value is -1.77. The van der Waals surface area contributed by atoms with Crippen molar-refractivity contribution in [1.29, 1.82) is 0 Å². The standard InChI is InChI=1S/C12H15N3/c1-4-7-10-11(8-5-2)13-15-14-12(10)9-6-3/h4-6H,1-3,7-9H2. The molecule has 1 aromatic rings. The summed E-state index contributed by atoms with van der Waals surface area (Å²) in [6.45, 7) is 11.1. The second-order valence-corrected chi connectivity index (χ2v) is 3.14. The van der Waals surface area contributed by atoms with Gasteiger partial charge in [0, 0.05) is 18.4 Å². The van der Waals surface area contributed by atoms with E-state index in [0.717, 1.165) is 23.4 Å². The Kier molecular flexibility index (Phi) is 4.41. The fourth-order valence-corrected chi connectivity index (χ4v) is 1.40. The van der Waals surface area contributed by atoms with E-state index in [1.807, 2.05) is 18.2 Å². The van der Waals surface area contributed by atoms with Crippen molar-refractivity contribution in [1.82, 2.24) is 15.4 Å². The van der Waals surface area contributed by atoms with Gasteiger partial charge in [-0.05, 0) is 11.6 Å². The van der Waals surface area contributed by atoms with Crippen LogP contribution in [0.25, 0.3) is 0 Å². The molecule has 0 spiro atoms. The van der Waals surface area contributed by atoms with Crippen LogP contribution < -0.4 is 0 Å². The molecule has 0 aliphatic carbocycles. The fraction of sp³-hybridized carbons (Fsp3) is 0.250. The fourth-order valence-electron chi connectivity index (χ4n) is 1.40. The Morgan fingerprint density at radius 3 is 1.67 bits per heavy atom. The van der Waals surface area contributed by atoms with Gasteiger partial charge in [-0.1, -0.05) is 18.2 Å². The molecule has 1 aromatic heterocycles. The van der Waals surface area contributed by atoms with Crippen LogP contribution in [-0.2, 0) is 19.3 Å². The minimum atomic E-state index is 0.711.